The van der Waals surface area contributed by atoms with Crippen LogP contribution in [0.1, 0.15) is 26.7 Å². The van der Waals surface area contributed by atoms with Gasteiger partial charge in [0, 0.05) is 31.8 Å². The zero-order valence-electron chi connectivity index (χ0n) is 10.1. The van der Waals surface area contributed by atoms with Crippen molar-refractivity contribution >= 4 is 11.7 Å². The molecule has 16 heavy (non-hydrogen) atoms. The van der Waals surface area contributed by atoms with Gasteiger partial charge in [0.15, 0.2) is 0 Å². The van der Waals surface area contributed by atoms with Crippen LogP contribution in [-0.4, -0.2) is 38.0 Å². The fourth-order valence-corrected chi connectivity index (χ4v) is 1.05. The molecule has 94 valence electrons. The molecule has 0 unspecified atom stereocenters. The van der Waals surface area contributed by atoms with E-state index in [-0.39, 0.29) is 17.6 Å². The standard InChI is InChI=1S/C11H22N2O3/c1-9(2)10(14)3-6-13-11(15)4-7-16-8-5-12/h9H,3-8,12H2,1-2H3,(H,13,15). The van der Waals surface area contributed by atoms with Crippen LogP contribution in [0.4, 0.5) is 0 Å². The molecule has 0 heterocycles. The number of carbonyl (C=O) groups is 2. The summed E-state index contributed by atoms with van der Waals surface area (Å²) in [7, 11) is 0. The molecule has 0 atom stereocenters. The molecule has 0 saturated carbocycles. The molecule has 0 spiro atoms. The SMILES string of the molecule is CC(C)C(=O)CCNC(=O)CCOCCN. The van der Waals surface area contributed by atoms with E-state index in [2.05, 4.69) is 5.32 Å². The fourth-order valence-electron chi connectivity index (χ4n) is 1.05. The second kappa shape index (κ2) is 9.30. The molecular weight excluding hydrogens is 208 g/mol. The molecule has 0 aliphatic rings. The van der Waals surface area contributed by atoms with Crippen molar-refractivity contribution in [2.75, 3.05) is 26.3 Å². The van der Waals surface area contributed by atoms with Crippen LogP contribution in [0.25, 0.3) is 0 Å². The summed E-state index contributed by atoms with van der Waals surface area (Å²) >= 11 is 0. The Balaban J connectivity index is 3.40. The number of rotatable bonds is 9. The lowest BCUT2D eigenvalue weighted by atomic mass is 10.1. The molecule has 0 fully saturated rings. The Kier molecular flexibility index (Phi) is 8.75. The van der Waals surface area contributed by atoms with E-state index < -0.39 is 0 Å². The van der Waals surface area contributed by atoms with Gasteiger partial charge in [-0.1, -0.05) is 13.8 Å². The van der Waals surface area contributed by atoms with E-state index in [1.807, 2.05) is 13.8 Å². The number of nitrogens with one attached hydrogen (secondary N) is 1. The van der Waals surface area contributed by atoms with Crippen molar-refractivity contribution < 1.29 is 14.3 Å². The first-order valence-electron chi connectivity index (χ1n) is 5.65. The van der Waals surface area contributed by atoms with E-state index in [9.17, 15) is 9.59 Å². The fraction of sp³-hybridized carbons (Fsp3) is 0.818. The lowest BCUT2D eigenvalue weighted by Gasteiger charge is -2.06. The number of hydrogen-bond acceptors (Lipinski definition) is 4. The topological polar surface area (TPSA) is 81.4 Å². The van der Waals surface area contributed by atoms with E-state index in [1.165, 1.54) is 0 Å². The van der Waals surface area contributed by atoms with Gasteiger partial charge >= 0.3 is 0 Å². The molecule has 0 aliphatic carbocycles. The summed E-state index contributed by atoms with van der Waals surface area (Å²) in [6.45, 7) is 5.42. The third-order valence-corrected chi connectivity index (χ3v) is 2.07. The Morgan fingerprint density at radius 3 is 2.50 bits per heavy atom. The second-order valence-electron chi connectivity index (χ2n) is 3.87. The number of Topliss-reactive ketones (excluding diaryl/α,β-unsaturated/α-hetero) is 1. The molecule has 0 aromatic carbocycles. The minimum Gasteiger partial charge on any atom is -0.380 e. The monoisotopic (exact) mass is 230 g/mol. The van der Waals surface area contributed by atoms with Gasteiger partial charge in [0.1, 0.15) is 5.78 Å². The van der Waals surface area contributed by atoms with Crippen LogP contribution in [-0.2, 0) is 14.3 Å². The van der Waals surface area contributed by atoms with Crippen molar-refractivity contribution in [1.82, 2.24) is 5.32 Å². The molecule has 5 heteroatoms. The van der Waals surface area contributed by atoms with E-state index in [1.54, 1.807) is 0 Å². The van der Waals surface area contributed by atoms with Crippen molar-refractivity contribution in [2.24, 2.45) is 11.7 Å². The highest BCUT2D eigenvalue weighted by Crippen LogP contribution is 1.97. The summed E-state index contributed by atoms with van der Waals surface area (Å²) in [6.07, 6.45) is 0.711. The Hall–Kier alpha value is -0.940. The van der Waals surface area contributed by atoms with E-state index >= 15 is 0 Å². The number of amides is 1. The highest BCUT2D eigenvalue weighted by atomic mass is 16.5. The summed E-state index contributed by atoms with van der Waals surface area (Å²) in [5.41, 5.74) is 5.22. The van der Waals surface area contributed by atoms with Gasteiger partial charge in [0.05, 0.1) is 13.2 Å². The highest BCUT2D eigenvalue weighted by Gasteiger charge is 2.07. The van der Waals surface area contributed by atoms with Gasteiger partial charge in [0.2, 0.25) is 5.91 Å². The third-order valence-electron chi connectivity index (χ3n) is 2.07. The minimum atomic E-state index is -0.0893. The molecule has 0 rings (SSSR count). The average Bonchev–Trinajstić information content (AvgIpc) is 2.24. The zero-order valence-corrected chi connectivity index (χ0v) is 10.1. The molecule has 1 amide bonds. The van der Waals surface area contributed by atoms with E-state index in [0.29, 0.717) is 39.1 Å². The maximum absolute atomic E-state index is 11.2. The Bertz CT molecular complexity index is 217. The lowest BCUT2D eigenvalue weighted by Crippen LogP contribution is -2.28. The Morgan fingerprint density at radius 2 is 1.94 bits per heavy atom. The van der Waals surface area contributed by atoms with Crippen molar-refractivity contribution in [3.05, 3.63) is 0 Å². The smallest absolute Gasteiger partial charge is 0.222 e. The van der Waals surface area contributed by atoms with Crippen LogP contribution in [0.5, 0.6) is 0 Å². The number of ether oxygens (including phenoxy) is 1. The van der Waals surface area contributed by atoms with Gasteiger partial charge in [0.25, 0.3) is 0 Å². The molecule has 0 aliphatic heterocycles. The zero-order chi connectivity index (χ0) is 12.4. The van der Waals surface area contributed by atoms with Crippen LogP contribution >= 0.6 is 0 Å². The predicted octanol–water partition coefficient (Wildman–Crippen LogP) is 0.0832. The van der Waals surface area contributed by atoms with Crippen molar-refractivity contribution in [3.63, 3.8) is 0 Å². The summed E-state index contributed by atoms with van der Waals surface area (Å²) in [5.74, 6) is 0.109. The number of hydrogen-bond donors (Lipinski definition) is 2. The highest BCUT2D eigenvalue weighted by molar-refractivity contribution is 5.81. The Morgan fingerprint density at radius 1 is 1.25 bits per heavy atom. The van der Waals surface area contributed by atoms with Gasteiger partial charge < -0.3 is 15.8 Å². The normalized spacial score (nSPS) is 10.5. The quantitative estimate of drug-likeness (QED) is 0.550. The molecule has 3 N–H and O–H groups in total. The number of carbonyl (C=O) groups excluding carboxylic acids is 2. The van der Waals surface area contributed by atoms with Crippen LogP contribution in [0.15, 0.2) is 0 Å². The first-order chi connectivity index (χ1) is 7.57. The minimum absolute atomic E-state index is 0.0322. The van der Waals surface area contributed by atoms with Crippen LogP contribution in [0, 0.1) is 5.92 Å². The van der Waals surface area contributed by atoms with Gasteiger partial charge in [-0.2, -0.15) is 0 Å². The molecule has 0 aromatic heterocycles. The van der Waals surface area contributed by atoms with Crippen LogP contribution < -0.4 is 11.1 Å². The van der Waals surface area contributed by atoms with Crippen molar-refractivity contribution in [2.45, 2.75) is 26.7 Å². The third kappa shape index (κ3) is 8.38. The largest absolute Gasteiger partial charge is 0.380 e. The summed E-state index contributed by atoms with van der Waals surface area (Å²) in [6, 6.07) is 0. The van der Waals surface area contributed by atoms with Gasteiger partial charge in [-0.25, -0.2) is 0 Å². The molecular formula is C11H22N2O3. The molecule has 0 bridgehead atoms. The van der Waals surface area contributed by atoms with Gasteiger partial charge in [-0.3, -0.25) is 9.59 Å². The predicted molar refractivity (Wildman–Crippen MR) is 62.0 cm³/mol. The Labute approximate surface area is 96.7 Å². The number of ketones is 1. The first-order valence-corrected chi connectivity index (χ1v) is 5.65. The van der Waals surface area contributed by atoms with Crippen LogP contribution in [0.3, 0.4) is 0 Å². The van der Waals surface area contributed by atoms with Crippen LogP contribution in [0.2, 0.25) is 0 Å². The lowest BCUT2D eigenvalue weighted by molar-refractivity contribution is -0.123. The maximum atomic E-state index is 11.2. The van der Waals surface area contributed by atoms with E-state index in [0.717, 1.165) is 0 Å². The summed E-state index contributed by atoms with van der Waals surface area (Å²) in [5, 5.41) is 2.67. The maximum Gasteiger partial charge on any atom is 0.222 e. The molecule has 0 aromatic rings. The average molecular weight is 230 g/mol. The van der Waals surface area contributed by atoms with E-state index in [4.69, 9.17) is 10.5 Å². The first kappa shape index (κ1) is 15.1. The van der Waals surface area contributed by atoms with Gasteiger partial charge in [-0.15, -0.1) is 0 Å². The van der Waals surface area contributed by atoms with Crippen molar-refractivity contribution in [1.29, 1.82) is 0 Å². The molecule has 0 radical (unpaired) electrons. The number of nitrogens with two attached hydrogens (primary N) is 1. The summed E-state index contributed by atoms with van der Waals surface area (Å²) < 4.78 is 5.07. The van der Waals surface area contributed by atoms with Crippen molar-refractivity contribution in [3.8, 4) is 0 Å². The van der Waals surface area contributed by atoms with Gasteiger partial charge in [-0.05, 0) is 0 Å². The summed E-state index contributed by atoms with van der Waals surface area (Å²) in [4.78, 5) is 22.5. The second-order valence-corrected chi connectivity index (χ2v) is 3.87. The molecule has 0 saturated heterocycles. The molecule has 5 nitrogen and oxygen atoms in total.